The summed E-state index contributed by atoms with van der Waals surface area (Å²) in [6.45, 7) is 5.44. The van der Waals surface area contributed by atoms with Gasteiger partial charge in [0.25, 0.3) is 5.91 Å². The first-order chi connectivity index (χ1) is 13.4. The molecule has 0 aliphatic heterocycles. The molecule has 0 spiro atoms. The Kier molecular flexibility index (Phi) is 6.73. The summed E-state index contributed by atoms with van der Waals surface area (Å²) >= 11 is 0. The Morgan fingerprint density at radius 2 is 1.59 bits per heavy atom. The maximum atomic E-state index is 12.4. The molecule has 2 aromatic rings. The van der Waals surface area contributed by atoms with Crippen LogP contribution < -0.4 is 20.7 Å². The Balaban J connectivity index is 1.95. The summed E-state index contributed by atoms with van der Waals surface area (Å²) in [6.07, 6.45) is -4.78. The fourth-order valence-electron chi connectivity index (χ4n) is 2.36. The number of para-hydroxylation sites is 1. The highest BCUT2D eigenvalue weighted by molar-refractivity contribution is 6.01. The quantitative estimate of drug-likeness (QED) is 0.669. The molecule has 156 valence electrons. The summed E-state index contributed by atoms with van der Waals surface area (Å²) in [7, 11) is 0. The molecular formula is C20H22F3N3O3. The summed E-state index contributed by atoms with van der Waals surface area (Å²) < 4.78 is 40.3. The second-order valence-electron chi connectivity index (χ2n) is 7.22. The fourth-order valence-corrected chi connectivity index (χ4v) is 2.36. The molecular weight excluding hydrogens is 387 g/mol. The molecule has 2 aromatic carbocycles. The molecule has 0 fully saturated rings. The van der Waals surface area contributed by atoms with Gasteiger partial charge in [-0.3, -0.25) is 9.59 Å². The van der Waals surface area contributed by atoms with Crippen molar-refractivity contribution >= 4 is 23.2 Å². The van der Waals surface area contributed by atoms with Crippen molar-refractivity contribution in [3.63, 3.8) is 0 Å². The molecule has 9 heteroatoms. The lowest BCUT2D eigenvalue weighted by Gasteiger charge is -2.21. The second-order valence-corrected chi connectivity index (χ2v) is 7.22. The van der Waals surface area contributed by atoms with Gasteiger partial charge in [0.2, 0.25) is 5.91 Å². The van der Waals surface area contributed by atoms with Crippen molar-refractivity contribution in [2.24, 2.45) is 0 Å². The van der Waals surface area contributed by atoms with Crippen LogP contribution in [0.5, 0.6) is 5.75 Å². The molecule has 0 saturated carbocycles. The van der Waals surface area contributed by atoms with Gasteiger partial charge < -0.3 is 20.7 Å². The summed E-state index contributed by atoms with van der Waals surface area (Å²) in [5, 5.41) is 8.30. The van der Waals surface area contributed by atoms with Gasteiger partial charge in [-0.15, -0.1) is 13.2 Å². The number of hydrogen-bond acceptors (Lipinski definition) is 4. The van der Waals surface area contributed by atoms with Gasteiger partial charge in [-0.1, -0.05) is 12.1 Å². The number of nitrogens with one attached hydrogen (secondary N) is 3. The van der Waals surface area contributed by atoms with Crippen LogP contribution in [-0.2, 0) is 4.79 Å². The molecule has 0 unspecified atom stereocenters. The van der Waals surface area contributed by atoms with E-state index >= 15 is 0 Å². The van der Waals surface area contributed by atoms with Crippen molar-refractivity contribution in [2.75, 3.05) is 17.2 Å². The summed E-state index contributed by atoms with van der Waals surface area (Å²) in [5.41, 5.74) is 0.774. The third-order valence-corrected chi connectivity index (χ3v) is 3.47. The molecule has 2 rings (SSSR count). The predicted octanol–water partition coefficient (Wildman–Crippen LogP) is 4.16. The fraction of sp³-hybridized carbons (Fsp3) is 0.300. The number of alkyl halides is 3. The maximum absolute atomic E-state index is 12.4. The summed E-state index contributed by atoms with van der Waals surface area (Å²) in [6, 6.07) is 11.6. The van der Waals surface area contributed by atoms with E-state index in [2.05, 4.69) is 20.7 Å². The van der Waals surface area contributed by atoms with Crippen LogP contribution in [0.25, 0.3) is 0 Å². The normalized spacial score (nSPS) is 11.5. The molecule has 0 aromatic heterocycles. The average Bonchev–Trinajstić information content (AvgIpc) is 2.59. The van der Waals surface area contributed by atoms with Crippen LogP contribution in [-0.4, -0.2) is 30.3 Å². The highest BCUT2D eigenvalue weighted by Gasteiger charge is 2.31. The lowest BCUT2D eigenvalue weighted by Crippen LogP contribution is -2.40. The van der Waals surface area contributed by atoms with Gasteiger partial charge in [0.1, 0.15) is 5.75 Å². The van der Waals surface area contributed by atoms with E-state index in [4.69, 9.17) is 0 Å². The maximum Gasteiger partial charge on any atom is 0.573 e. The number of carbonyl (C=O) groups excluding carboxylic acids is 2. The van der Waals surface area contributed by atoms with Gasteiger partial charge in [-0.25, -0.2) is 0 Å². The standard InChI is InChI=1S/C20H22F3N3O3/c1-19(2,3)26-18(28)15-6-4-5-7-16(15)24-12-17(27)25-13-8-10-14(11-9-13)29-20(21,22)23/h4-11,24H,12H2,1-3H3,(H,25,27)(H,26,28). The number of benzene rings is 2. The smallest absolute Gasteiger partial charge is 0.406 e. The molecule has 0 radical (unpaired) electrons. The van der Waals surface area contributed by atoms with Crippen LogP contribution in [0, 0.1) is 0 Å². The molecule has 3 N–H and O–H groups in total. The summed E-state index contributed by atoms with van der Waals surface area (Å²) in [5.74, 6) is -1.09. The van der Waals surface area contributed by atoms with Crippen molar-refractivity contribution in [1.82, 2.24) is 5.32 Å². The highest BCUT2D eigenvalue weighted by atomic mass is 19.4. The minimum atomic E-state index is -4.78. The van der Waals surface area contributed by atoms with E-state index in [-0.39, 0.29) is 18.2 Å². The minimum Gasteiger partial charge on any atom is -0.406 e. The van der Waals surface area contributed by atoms with Gasteiger partial charge in [-0.2, -0.15) is 0 Å². The first-order valence-corrected chi connectivity index (χ1v) is 8.74. The number of rotatable bonds is 6. The third kappa shape index (κ3) is 7.73. The van der Waals surface area contributed by atoms with Crippen molar-refractivity contribution in [3.8, 4) is 5.75 Å². The van der Waals surface area contributed by atoms with Gasteiger partial charge in [0, 0.05) is 16.9 Å². The molecule has 0 bridgehead atoms. The zero-order valence-corrected chi connectivity index (χ0v) is 16.2. The topological polar surface area (TPSA) is 79.5 Å². The van der Waals surface area contributed by atoms with E-state index in [0.29, 0.717) is 16.9 Å². The van der Waals surface area contributed by atoms with Gasteiger partial charge in [0.05, 0.1) is 12.1 Å². The largest absolute Gasteiger partial charge is 0.573 e. The number of hydrogen-bond donors (Lipinski definition) is 3. The molecule has 0 aliphatic rings. The van der Waals surface area contributed by atoms with Crippen molar-refractivity contribution in [2.45, 2.75) is 32.7 Å². The van der Waals surface area contributed by atoms with Crippen LogP contribution in [0.1, 0.15) is 31.1 Å². The molecule has 29 heavy (non-hydrogen) atoms. The van der Waals surface area contributed by atoms with Gasteiger partial charge in [-0.05, 0) is 57.2 Å². The Bertz CT molecular complexity index is 860. The average molecular weight is 409 g/mol. The zero-order valence-electron chi connectivity index (χ0n) is 16.2. The third-order valence-electron chi connectivity index (χ3n) is 3.47. The molecule has 0 saturated heterocycles. The lowest BCUT2D eigenvalue weighted by molar-refractivity contribution is -0.274. The minimum absolute atomic E-state index is 0.138. The Morgan fingerprint density at radius 1 is 0.966 bits per heavy atom. The van der Waals surface area contributed by atoms with E-state index in [1.54, 1.807) is 24.3 Å². The van der Waals surface area contributed by atoms with E-state index in [1.165, 1.54) is 12.1 Å². The SMILES string of the molecule is CC(C)(C)NC(=O)c1ccccc1NCC(=O)Nc1ccc(OC(F)(F)F)cc1. The predicted molar refractivity (Wildman–Crippen MR) is 104 cm³/mol. The first-order valence-electron chi connectivity index (χ1n) is 8.74. The summed E-state index contributed by atoms with van der Waals surface area (Å²) in [4.78, 5) is 24.5. The van der Waals surface area contributed by atoms with Gasteiger partial charge in [0.15, 0.2) is 0 Å². The molecule has 0 atom stereocenters. The Morgan fingerprint density at radius 3 is 2.17 bits per heavy atom. The first kappa shape index (κ1) is 22.1. The van der Waals surface area contributed by atoms with E-state index in [9.17, 15) is 22.8 Å². The van der Waals surface area contributed by atoms with Crippen LogP contribution in [0.4, 0.5) is 24.5 Å². The van der Waals surface area contributed by atoms with Gasteiger partial charge >= 0.3 is 6.36 Å². The highest BCUT2D eigenvalue weighted by Crippen LogP contribution is 2.24. The van der Waals surface area contributed by atoms with E-state index in [0.717, 1.165) is 12.1 Å². The number of anilines is 2. The van der Waals surface area contributed by atoms with Crippen LogP contribution in [0.15, 0.2) is 48.5 Å². The van der Waals surface area contributed by atoms with Crippen LogP contribution in [0.3, 0.4) is 0 Å². The Hall–Kier alpha value is -3.23. The zero-order chi connectivity index (χ0) is 21.7. The molecule has 2 amide bonds. The van der Waals surface area contributed by atoms with E-state index in [1.807, 2.05) is 20.8 Å². The second kappa shape index (κ2) is 8.85. The monoisotopic (exact) mass is 409 g/mol. The van der Waals surface area contributed by atoms with Crippen LogP contribution in [0.2, 0.25) is 0 Å². The van der Waals surface area contributed by atoms with Crippen molar-refractivity contribution < 1.29 is 27.5 Å². The number of ether oxygens (including phenoxy) is 1. The number of amides is 2. The Labute approximate surface area is 166 Å². The lowest BCUT2D eigenvalue weighted by atomic mass is 10.1. The molecule has 0 heterocycles. The molecule has 0 aliphatic carbocycles. The van der Waals surface area contributed by atoms with Crippen LogP contribution >= 0.6 is 0 Å². The van der Waals surface area contributed by atoms with E-state index < -0.39 is 17.8 Å². The van der Waals surface area contributed by atoms with Crippen molar-refractivity contribution in [3.05, 3.63) is 54.1 Å². The molecule has 6 nitrogen and oxygen atoms in total. The number of halogens is 3. The number of carbonyl (C=O) groups is 2. The van der Waals surface area contributed by atoms with Crippen molar-refractivity contribution in [1.29, 1.82) is 0 Å².